The third-order valence-electron chi connectivity index (χ3n) is 1.49. The monoisotopic (exact) mass is 219 g/mol. The van der Waals surface area contributed by atoms with E-state index in [4.69, 9.17) is 0 Å². The van der Waals surface area contributed by atoms with Crippen LogP contribution in [-0.4, -0.2) is 23.0 Å². The number of hydrogen-bond acceptors (Lipinski definition) is 4. The van der Waals surface area contributed by atoms with Crippen LogP contribution in [0.15, 0.2) is 23.5 Å². The Morgan fingerprint density at radius 3 is 2.71 bits per heavy atom. The third kappa shape index (κ3) is 1.43. The highest BCUT2D eigenvalue weighted by molar-refractivity contribution is 7.86. The number of halogens is 2. The maximum Gasteiger partial charge on any atom is 0.369 e. The molecule has 2 heterocycles. The zero-order chi connectivity index (χ0) is 10.3. The van der Waals surface area contributed by atoms with Gasteiger partial charge in [0.2, 0.25) is 0 Å². The molecule has 14 heavy (non-hydrogen) atoms. The van der Waals surface area contributed by atoms with Gasteiger partial charge in [-0.2, -0.15) is 13.4 Å². The van der Waals surface area contributed by atoms with Gasteiger partial charge in [-0.25, -0.2) is 8.91 Å². The maximum absolute atomic E-state index is 12.6. The van der Waals surface area contributed by atoms with Gasteiger partial charge in [-0.3, -0.25) is 0 Å². The van der Waals surface area contributed by atoms with Crippen LogP contribution in [-0.2, 0) is 10.2 Å². The molecule has 5 nitrogen and oxygen atoms in total. The quantitative estimate of drug-likeness (QED) is 0.656. The summed E-state index contributed by atoms with van der Waals surface area (Å²) in [4.78, 5) is 3.35. The standard InChI is InChI=1S/C6H3F2N3O2S/c7-4-1-2-5-9-6(14(8,12)13)10-11(5)3-4/h1-3H. The van der Waals surface area contributed by atoms with Gasteiger partial charge in [0.1, 0.15) is 5.82 Å². The van der Waals surface area contributed by atoms with Crippen LogP contribution in [0, 0.1) is 5.82 Å². The van der Waals surface area contributed by atoms with Crippen molar-refractivity contribution in [2.24, 2.45) is 0 Å². The Morgan fingerprint density at radius 2 is 2.07 bits per heavy atom. The van der Waals surface area contributed by atoms with E-state index in [1.165, 1.54) is 6.07 Å². The Kier molecular flexibility index (Phi) is 1.74. The van der Waals surface area contributed by atoms with E-state index < -0.39 is 21.2 Å². The van der Waals surface area contributed by atoms with Crippen molar-refractivity contribution < 1.29 is 16.7 Å². The predicted molar refractivity (Wildman–Crippen MR) is 41.2 cm³/mol. The minimum atomic E-state index is -4.94. The van der Waals surface area contributed by atoms with Crippen LogP contribution >= 0.6 is 0 Å². The molecule has 0 atom stereocenters. The van der Waals surface area contributed by atoms with Crippen molar-refractivity contribution in [3.63, 3.8) is 0 Å². The first-order valence-corrected chi connectivity index (χ1v) is 4.82. The summed E-state index contributed by atoms with van der Waals surface area (Å²) in [7, 11) is -4.94. The molecule has 2 aromatic heterocycles. The molecule has 2 rings (SSSR count). The number of fused-ring (bicyclic) bond motifs is 1. The van der Waals surface area contributed by atoms with Gasteiger partial charge < -0.3 is 0 Å². The lowest BCUT2D eigenvalue weighted by Gasteiger charge is -1.88. The molecule has 0 aliphatic carbocycles. The predicted octanol–water partition coefficient (Wildman–Crippen LogP) is 0.527. The number of hydrogen-bond donors (Lipinski definition) is 0. The molecule has 0 radical (unpaired) electrons. The summed E-state index contributed by atoms with van der Waals surface area (Å²) >= 11 is 0. The lowest BCUT2D eigenvalue weighted by atomic mass is 10.5. The first-order chi connectivity index (χ1) is 6.47. The molecule has 0 spiro atoms. The number of nitrogens with zero attached hydrogens (tertiary/aromatic N) is 3. The van der Waals surface area contributed by atoms with Crippen LogP contribution in [0.1, 0.15) is 0 Å². The lowest BCUT2D eigenvalue weighted by molar-refractivity contribution is 0.541. The molecule has 0 saturated heterocycles. The lowest BCUT2D eigenvalue weighted by Crippen LogP contribution is -1.95. The van der Waals surface area contributed by atoms with Crippen LogP contribution in [0.3, 0.4) is 0 Å². The molecule has 0 unspecified atom stereocenters. The van der Waals surface area contributed by atoms with Gasteiger partial charge >= 0.3 is 10.2 Å². The van der Waals surface area contributed by atoms with Crippen molar-refractivity contribution in [2.75, 3.05) is 0 Å². The van der Waals surface area contributed by atoms with E-state index in [2.05, 4.69) is 10.1 Å². The molecular weight excluding hydrogens is 216 g/mol. The smallest absolute Gasteiger partial charge is 0.217 e. The third-order valence-corrected chi connectivity index (χ3v) is 2.10. The molecule has 0 amide bonds. The van der Waals surface area contributed by atoms with Crippen molar-refractivity contribution in [1.82, 2.24) is 14.6 Å². The maximum atomic E-state index is 12.6. The summed E-state index contributed by atoms with van der Waals surface area (Å²) < 4.78 is 46.6. The van der Waals surface area contributed by atoms with Crippen molar-refractivity contribution in [3.8, 4) is 0 Å². The van der Waals surface area contributed by atoms with Gasteiger partial charge in [-0.1, -0.05) is 3.89 Å². The first-order valence-electron chi connectivity index (χ1n) is 3.43. The van der Waals surface area contributed by atoms with E-state index in [1.807, 2.05) is 0 Å². The molecule has 0 aliphatic rings. The highest BCUT2D eigenvalue weighted by Crippen LogP contribution is 2.09. The van der Waals surface area contributed by atoms with Crippen LogP contribution in [0.25, 0.3) is 5.65 Å². The normalized spacial score (nSPS) is 12.1. The zero-order valence-electron chi connectivity index (χ0n) is 6.55. The van der Waals surface area contributed by atoms with Gasteiger partial charge in [0.25, 0.3) is 5.16 Å². The van der Waals surface area contributed by atoms with Crippen LogP contribution in [0.2, 0.25) is 0 Å². The fraction of sp³-hybridized carbons (Fsp3) is 0. The SMILES string of the molecule is O=S(=O)(F)c1nc2ccc(F)cn2n1. The molecule has 74 valence electrons. The molecule has 0 bridgehead atoms. The molecule has 2 aromatic rings. The Labute approximate surface area is 77.2 Å². The first kappa shape index (κ1) is 9.00. The summed E-state index contributed by atoms with van der Waals surface area (Å²) in [6, 6.07) is 2.26. The van der Waals surface area contributed by atoms with Gasteiger partial charge in [-0.05, 0) is 12.1 Å². The van der Waals surface area contributed by atoms with Crippen molar-refractivity contribution >= 4 is 15.9 Å². The van der Waals surface area contributed by atoms with Crippen LogP contribution in [0.5, 0.6) is 0 Å². The minimum Gasteiger partial charge on any atom is -0.217 e. The Bertz CT molecular complexity index is 592. The highest BCUT2D eigenvalue weighted by atomic mass is 32.3. The fourth-order valence-corrected chi connectivity index (χ4v) is 1.33. The Balaban J connectivity index is 2.75. The van der Waals surface area contributed by atoms with Crippen molar-refractivity contribution in [3.05, 3.63) is 24.1 Å². The molecular formula is C6H3F2N3O2S. The number of aromatic nitrogens is 3. The Morgan fingerprint density at radius 1 is 1.36 bits per heavy atom. The average molecular weight is 219 g/mol. The summed E-state index contributed by atoms with van der Waals surface area (Å²) in [5.41, 5.74) is 0.0580. The average Bonchev–Trinajstić information content (AvgIpc) is 2.45. The van der Waals surface area contributed by atoms with E-state index in [1.54, 1.807) is 0 Å². The molecule has 0 saturated carbocycles. The summed E-state index contributed by atoms with van der Waals surface area (Å²) in [6.45, 7) is 0. The molecule has 0 aliphatic heterocycles. The fourth-order valence-electron chi connectivity index (χ4n) is 0.941. The van der Waals surface area contributed by atoms with Gasteiger partial charge in [0.15, 0.2) is 5.65 Å². The summed E-state index contributed by atoms with van der Waals surface area (Å²) in [6.07, 6.45) is 0.900. The van der Waals surface area contributed by atoms with Crippen LogP contribution in [0.4, 0.5) is 8.28 Å². The van der Waals surface area contributed by atoms with E-state index in [0.29, 0.717) is 0 Å². The second-order valence-electron chi connectivity index (χ2n) is 2.48. The highest BCUT2D eigenvalue weighted by Gasteiger charge is 2.18. The number of pyridine rings is 1. The largest absolute Gasteiger partial charge is 0.369 e. The van der Waals surface area contributed by atoms with Crippen molar-refractivity contribution in [2.45, 2.75) is 5.16 Å². The summed E-state index contributed by atoms with van der Waals surface area (Å²) in [5, 5.41) is 2.28. The van der Waals surface area contributed by atoms with E-state index in [0.717, 1.165) is 16.8 Å². The number of rotatable bonds is 1. The van der Waals surface area contributed by atoms with Crippen molar-refractivity contribution in [1.29, 1.82) is 0 Å². The minimum absolute atomic E-state index is 0.0580. The molecule has 0 fully saturated rings. The second kappa shape index (κ2) is 2.71. The zero-order valence-corrected chi connectivity index (χ0v) is 7.37. The summed E-state index contributed by atoms with van der Waals surface area (Å²) in [5.74, 6) is -0.620. The van der Waals surface area contributed by atoms with Gasteiger partial charge in [-0.15, -0.1) is 5.10 Å². The van der Waals surface area contributed by atoms with E-state index >= 15 is 0 Å². The molecule has 8 heteroatoms. The van der Waals surface area contributed by atoms with Crippen LogP contribution < -0.4 is 0 Å². The topological polar surface area (TPSA) is 64.3 Å². The molecule has 0 N–H and O–H groups in total. The van der Waals surface area contributed by atoms with Gasteiger partial charge in [0.05, 0.1) is 6.20 Å². The Hall–Kier alpha value is -1.57. The van der Waals surface area contributed by atoms with E-state index in [-0.39, 0.29) is 5.65 Å². The second-order valence-corrected chi connectivity index (χ2v) is 3.72. The molecule has 0 aromatic carbocycles. The van der Waals surface area contributed by atoms with Gasteiger partial charge in [0, 0.05) is 0 Å². The van der Waals surface area contributed by atoms with E-state index in [9.17, 15) is 16.7 Å².